The minimum Gasteiger partial charge on any atom is -0.368 e. The fourth-order valence-electron chi connectivity index (χ4n) is 1.79. The lowest BCUT2D eigenvalue weighted by Crippen LogP contribution is -2.40. The Morgan fingerprint density at radius 2 is 2.07 bits per heavy atom. The van der Waals surface area contributed by atoms with E-state index in [0.717, 1.165) is 32.7 Å². The molecule has 1 aliphatic rings. The molecule has 88 valence electrons. The number of rotatable bonds is 4. The van der Waals surface area contributed by atoms with Gasteiger partial charge in [0.2, 0.25) is 5.91 Å². The van der Waals surface area contributed by atoms with Crippen LogP contribution in [0.5, 0.6) is 0 Å². The van der Waals surface area contributed by atoms with Crippen LogP contribution in [0, 0.1) is 0 Å². The van der Waals surface area contributed by atoms with E-state index in [4.69, 9.17) is 11.5 Å². The van der Waals surface area contributed by atoms with E-state index in [0.29, 0.717) is 6.42 Å². The van der Waals surface area contributed by atoms with Gasteiger partial charge in [-0.1, -0.05) is 0 Å². The fraction of sp³-hybridized carbons (Fsp3) is 0.900. The van der Waals surface area contributed by atoms with Crippen LogP contribution in [0.2, 0.25) is 0 Å². The summed E-state index contributed by atoms with van der Waals surface area (Å²) in [6, 6.07) is -0.494. The second kappa shape index (κ2) is 6.05. The van der Waals surface area contributed by atoms with Gasteiger partial charge in [0.25, 0.3) is 0 Å². The van der Waals surface area contributed by atoms with Gasteiger partial charge in [0, 0.05) is 19.6 Å². The van der Waals surface area contributed by atoms with Crippen LogP contribution in [0.25, 0.3) is 0 Å². The number of nitrogens with two attached hydrogens (primary N) is 2. The van der Waals surface area contributed by atoms with Crippen molar-refractivity contribution in [3.8, 4) is 0 Å². The van der Waals surface area contributed by atoms with Crippen LogP contribution >= 0.6 is 0 Å². The molecule has 0 aromatic heterocycles. The summed E-state index contributed by atoms with van der Waals surface area (Å²) >= 11 is 0. The first-order valence-electron chi connectivity index (χ1n) is 5.55. The highest BCUT2D eigenvalue weighted by atomic mass is 16.1. The number of carbonyl (C=O) groups is 1. The molecule has 1 amide bonds. The Labute approximate surface area is 91.4 Å². The van der Waals surface area contributed by atoms with Crippen molar-refractivity contribution in [2.75, 3.05) is 39.8 Å². The van der Waals surface area contributed by atoms with Crippen LogP contribution in [0.4, 0.5) is 0 Å². The van der Waals surface area contributed by atoms with Gasteiger partial charge in [-0.2, -0.15) is 0 Å². The molecule has 1 saturated heterocycles. The van der Waals surface area contributed by atoms with Crippen LogP contribution < -0.4 is 11.5 Å². The van der Waals surface area contributed by atoms with Crippen LogP contribution in [-0.2, 0) is 4.79 Å². The van der Waals surface area contributed by atoms with E-state index < -0.39 is 11.9 Å². The van der Waals surface area contributed by atoms with Crippen molar-refractivity contribution in [2.45, 2.75) is 18.9 Å². The highest BCUT2D eigenvalue weighted by Crippen LogP contribution is 2.02. The SMILES string of the molecule is CN1CCCN(CCC(N)C(N)=O)CC1. The molecule has 15 heavy (non-hydrogen) atoms. The summed E-state index contributed by atoms with van der Waals surface area (Å²) in [6.45, 7) is 5.26. The zero-order valence-corrected chi connectivity index (χ0v) is 9.48. The summed E-state index contributed by atoms with van der Waals surface area (Å²) in [5.74, 6) is -0.401. The van der Waals surface area contributed by atoms with Crippen molar-refractivity contribution in [3.05, 3.63) is 0 Å². The molecule has 0 bridgehead atoms. The third kappa shape index (κ3) is 4.59. The van der Waals surface area contributed by atoms with E-state index in [1.54, 1.807) is 0 Å². The second-order valence-electron chi connectivity index (χ2n) is 4.30. The van der Waals surface area contributed by atoms with E-state index in [1.807, 2.05) is 0 Å². The average Bonchev–Trinajstić information content (AvgIpc) is 2.39. The molecule has 1 heterocycles. The van der Waals surface area contributed by atoms with Gasteiger partial charge in [0.05, 0.1) is 6.04 Å². The van der Waals surface area contributed by atoms with Crippen LogP contribution in [0.15, 0.2) is 0 Å². The number of nitrogens with zero attached hydrogens (tertiary/aromatic N) is 2. The van der Waals surface area contributed by atoms with Crippen molar-refractivity contribution in [3.63, 3.8) is 0 Å². The van der Waals surface area contributed by atoms with Crippen molar-refractivity contribution >= 4 is 5.91 Å². The molecular weight excluding hydrogens is 192 g/mol. The Kier molecular flexibility index (Phi) is 5.01. The molecule has 4 N–H and O–H groups in total. The molecule has 5 nitrogen and oxygen atoms in total. The first-order chi connectivity index (χ1) is 7.09. The Balaban J connectivity index is 2.23. The Hall–Kier alpha value is -0.650. The summed E-state index contributed by atoms with van der Waals surface area (Å²) in [7, 11) is 2.14. The summed E-state index contributed by atoms with van der Waals surface area (Å²) in [4.78, 5) is 15.4. The number of carbonyl (C=O) groups excluding carboxylic acids is 1. The summed E-state index contributed by atoms with van der Waals surface area (Å²) in [6.07, 6.45) is 1.85. The zero-order chi connectivity index (χ0) is 11.3. The molecule has 0 spiro atoms. The molecule has 1 atom stereocenters. The average molecular weight is 214 g/mol. The molecule has 1 rings (SSSR count). The maximum Gasteiger partial charge on any atom is 0.234 e. The largest absolute Gasteiger partial charge is 0.368 e. The molecule has 1 aliphatic heterocycles. The maximum absolute atomic E-state index is 10.8. The lowest BCUT2D eigenvalue weighted by molar-refractivity contribution is -0.119. The van der Waals surface area contributed by atoms with Crippen LogP contribution in [-0.4, -0.2) is 61.5 Å². The Morgan fingerprint density at radius 3 is 2.73 bits per heavy atom. The zero-order valence-electron chi connectivity index (χ0n) is 9.48. The van der Waals surface area contributed by atoms with Crippen molar-refractivity contribution in [2.24, 2.45) is 11.5 Å². The quantitative estimate of drug-likeness (QED) is 0.618. The lowest BCUT2D eigenvalue weighted by Gasteiger charge is -2.21. The van der Waals surface area contributed by atoms with Crippen molar-refractivity contribution in [1.82, 2.24) is 9.80 Å². The standard InChI is InChI=1S/C10H22N4O/c1-13-4-2-5-14(8-7-13)6-3-9(11)10(12)15/h9H,2-8,11H2,1H3,(H2,12,15). The molecule has 0 radical (unpaired) electrons. The first-order valence-corrected chi connectivity index (χ1v) is 5.55. The Morgan fingerprint density at radius 1 is 1.33 bits per heavy atom. The molecule has 0 aromatic carbocycles. The van der Waals surface area contributed by atoms with E-state index in [9.17, 15) is 4.79 Å². The Bertz CT molecular complexity index is 210. The van der Waals surface area contributed by atoms with Crippen LogP contribution in [0.3, 0.4) is 0 Å². The van der Waals surface area contributed by atoms with Crippen molar-refractivity contribution in [1.29, 1.82) is 0 Å². The van der Waals surface area contributed by atoms with Crippen molar-refractivity contribution < 1.29 is 4.79 Å². The molecular formula is C10H22N4O. The summed E-state index contributed by atoms with van der Waals surface area (Å²) in [5, 5.41) is 0. The van der Waals surface area contributed by atoms with Gasteiger partial charge >= 0.3 is 0 Å². The van der Waals surface area contributed by atoms with E-state index in [-0.39, 0.29) is 0 Å². The molecule has 5 heteroatoms. The number of amides is 1. The van der Waals surface area contributed by atoms with Gasteiger partial charge in [-0.25, -0.2) is 0 Å². The summed E-state index contributed by atoms with van der Waals surface area (Å²) in [5.41, 5.74) is 10.7. The predicted molar refractivity (Wildman–Crippen MR) is 60.3 cm³/mol. The molecule has 1 unspecified atom stereocenters. The monoisotopic (exact) mass is 214 g/mol. The van der Waals surface area contributed by atoms with Gasteiger partial charge < -0.3 is 21.3 Å². The van der Waals surface area contributed by atoms with Crippen LogP contribution in [0.1, 0.15) is 12.8 Å². The van der Waals surface area contributed by atoms with Gasteiger partial charge in [0.15, 0.2) is 0 Å². The van der Waals surface area contributed by atoms with Gasteiger partial charge in [-0.15, -0.1) is 0 Å². The van der Waals surface area contributed by atoms with E-state index >= 15 is 0 Å². The number of likely N-dealkylation sites (N-methyl/N-ethyl adjacent to an activating group) is 1. The van der Waals surface area contributed by atoms with Gasteiger partial charge in [0.1, 0.15) is 0 Å². The highest BCUT2D eigenvalue weighted by Gasteiger charge is 2.14. The molecule has 0 saturated carbocycles. The van der Waals surface area contributed by atoms with E-state index in [2.05, 4.69) is 16.8 Å². The minimum absolute atomic E-state index is 0.401. The topological polar surface area (TPSA) is 75.6 Å². The minimum atomic E-state index is -0.494. The normalized spacial score (nSPS) is 22.3. The molecule has 0 aromatic rings. The summed E-state index contributed by atoms with van der Waals surface area (Å²) < 4.78 is 0. The lowest BCUT2D eigenvalue weighted by atomic mass is 10.2. The predicted octanol–water partition coefficient (Wildman–Crippen LogP) is -1.17. The number of hydrogen-bond acceptors (Lipinski definition) is 4. The number of hydrogen-bond donors (Lipinski definition) is 2. The van der Waals surface area contributed by atoms with Gasteiger partial charge in [-0.3, -0.25) is 4.79 Å². The first kappa shape index (κ1) is 12.4. The third-order valence-corrected chi connectivity index (χ3v) is 2.93. The highest BCUT2D eigenvalue weighted by molar-refractivity contribution is 5.79. The maximum atomic E-state index is 10.8. The second-order valence-corrected chi connectivity index (χ2v) is 4.30. The smallest absolute Gasteiger partial charge is 0.234 e. The fourth-order valence-corrected chi connectivity index (χ4v) is 1.79. The molecule has 0 aliphatic carbocycles. The third-order valence-electron chi connectivity index (χ3n) is 2.93. The van der Waals surface area contributed by atoms with E-state index in [1.165, 1.54) is 6.42 Å². The molecule has 1 fully saturated rings. The van der Waals surface area contributed by atoms with Gasteiger partial charge in [-0.05, 0) is 33.0 Å². The number of primary amides is 1.